The molecule has 1 aliphatic heterocycles. The van der Waals surface area contributed by atoms with Crippen molar-refractivity contribution in [3.63, 3.8) is 0 Å². The van der Waals surface area contributed by atoms with Crippen LogP contribution in [0.15, 0.2) is 24.3 Å². The molecule has 0 radical (unpaired) electrons. The van der Waals surface area contributed by atoms with Gasteiger partial charge in [-0.05, 0) is 45.4 Å². The molecule has 3 nitrogen and oxygen atoms in total. The normalized spacial score (nSPS) is 23.1. The first-order chi connectivity index (χ1) is 8.23. The SMILES string of the molecule is CC(B1OC(C)(C)C(C)(C)O1)c1ccc(N)cc1. The summed E-state index contributed by atoms with van der Waals surface area (Å²) >= 11 is 0. The Balaban J connectivity index is 2.17. The van der Waals surface area contributed by atoms with Crippen LogP contribution in [0.1, 0.15) is 46.0 Å². The van der Waals surface area contributed by atoms with Crippen molar-refractivity contribution in [3.8, 4) is 0 Å². The lowest BCUT2D eigenvalue weighted by atomic mass is 9.69. The lowest BCUT2D eigenvalue weighted by molar-refractivity contribution is 0.00578. The molecular formula is C14H22BNO2. The zero-order valence-corrected chi connectivity index (χ0v) is 11.9. The van der Waals surface area contributed by atoms with Crippen molar-refractivity contribution in [1.29, 1.82) is 0 Å². The minimum Gasteiger partial charge on any atom is -0.403 e. The molecule has 0 saturated carbocycles. The second-order valence-electron chi connectivity index (χ2n) is 6.08. The third-order valence-corrected chi connectivity index (χ3v) is 4.14. The largest absolute Gasteiger partial charge is 0.465 e. The van der Waals surface area contributed by atoms with Crippen molar-refractivity contribution in [2.45, 2.75) is 51.6 Å². The molecule has 0 spiro atoms. The Morgan fingerprint density at radius 1 is 1.00 bits per heavy atom. The maximum absolute atomic E-state index is 6.06. The molecule has 0 aromatic heterocycles. The molecule has 2 rings (SSSR count). The molecule has 1 fully saturated rings. The zero-order valence-electron chi connectivity index (χ0n) is 11.9. The van der Waals surface area contributed by atoms with Crippen LogP contribution >= 0.6 is 0 Å². The van der Waals surface area contributed by atoms with Crippen LogP contribution < -0.4 is 5.73 Å². The summed E-state index contributed by atoms with van der Waals surface area (Å²) in [5.74, 6) is 0.187. The Hall–Kier alpha value is -0.995. The molecule has 1 saturated heterocycles. The van der Waals surface area contributed by atoms with E-state index >= 15 is 0 Å². The number of rotatable bonds is 2. The fraction of sp³-hybridized carbons (Fsp3) is 0.571. The number of benzene rings is 1. The molecule has 0 amide bonds. The van der Waals surface area contributed by atoms with Gasteiger partial charge in [0, 0.05) is 11.5 Å². The van der Waals surface area contributed by atoms with E-state index in [9.17, 15) is 0 Å². The highest BCUT2D eigenvalue weighted by atomic mass is 16.7. The average molecular weight is 247 g/mol. The van der Waals surface area contributed by atoms with Crippen molar-refractivity contribution in [2.75, 3.05) is 5.73 Å². The van der Waals surface area contributed by atoms with Crippen molar-refractivity contribution >= 4 is 12.8 Å². The topological polar surface area (TPSA) is 44.5 Å². The van der Waals surface area contributed by atoms with Gasteiger partial charge in [0.25, 0.3) is 0 Å². The summed E-state index contributed by atoms with van der Waals surface area (Å²) in [5, 5.41) is 0. The fourth-order valence-electron chi connectivity index (χ4n) is 2.05. The summed E-state index contributed by atoms with van der Waals surface area (Å²) < 4.78 is 12.1. The maximum Gasteiger partial charge on any atom is 0.465 e. The van der Waals surface area contributed by atoms with Crippen molar-refractivity contribution in [1.82, 2.24) is 0 Å². The summed E-state index contributed by atoms with van der Waals surface area (Å²) in [5.41, 5.74) is 7.11. The standard InChI is InChI=1S/C14H22BNO2/c1-10(11-6-8-12(16)9-7-11)15-17-13(2,3)14(4,5)18-15/h6-10H,16H2,1-5H3. The van der Waals surface area contributed by atoms with Crippen LogP contribution in [0.3, 0.4) is 0 Å². The molecule has 18 heavy (non-hydrogen) atoms. The van der Waals surface area contributed by atoms with Gasteiger partial charge < -0.3 is 15.0 Å². The number of hydrogen-bond donors (Lipinski definition) is 1. The van der Waals surface area contributed by atoms with Crippen LogP contribution in [-0.4, -0.2) is 18.3 Å². The van der Waals surface area contributed by atoms with Gasteiger partial charge in [-0.1, -0.05) is 19.1 Å². The zero-order chi connectivity index (χ0) is 13.6. The van der Waals surface area contributed by atoms with Gasteiger partial charge in [-0.3, -0.25) is 0 Å². The molecule has 98 valence electrons. The number of nitrogens with two attached hydrogens (primary N) is 1. The first-order valence-electron chi connectivity index (χ1n) is 6.44. The maximum atomic E-state index is 6.06. The van der Waals surface area contributed by atoms with E-state index in [0.29, 0.717) is 0 Å². The minimum atomic E-state index is -0.278. The average Bonchev–Trinajstić information content (AvgIpc) is 2.48. The highest BCUT2D eigenvalue weighted by molar-refractivity contribution is 6.47. The van der Waals surface area contributed by atoms with Gasteiger partial charge in [0.15, 0.2) is 0 Å². The van der Waals surface area contributed by atoms with E-state index in [0.717, 1.165) is 5.69 Å². The Morgan fingerprint density at radius 2 is 1.44 bits per heavy atom. The molecule has 1 aliphatic rings. The van der Waals surface area contributed by atoms with Crippen molar-refractivity contribution < 1.29 is 9.31 Å². The third kappa shape index (κ3) is 2.27. The van der Waals surface area contributed by atoms with Gasteiger partial charge >= 0.3 is 7.12 Å². The Kier molecular flexibility index (Phi) is 3.20. The molecule has 1 heterocycles. The van der Waals surface area contributed by atoms with Crippen LogP contribution in [0.5, 0.6) is 0 Å². The van der Waals surface area contributed by atoms with Crippen LogP contribution in [0.25, 0.3) is 0 Å². The lowest BCUT2D eigenvalue weighted by Crippen LogP contribution is -2.41. The second kappa shape index (κ2) is 4.28. The lowest BCUT2D eigenvalue weighted by Gasteiger charge is -2.32. The summed E-state index contributed by atoms with van der Waals surface area (Å²) in [4.78, 5) is 0. The first-order valence-corrected chi connectivity index (χ1v) is 6.44. The van der Waals surface area contributed by atoms with E-state index in [1.165, 1.54) is 5.56 Å². The van der Waals surface area contributed by atoms with E-state index in [2.05, 4.69) is 34.6 Å². The Morgan fingerprint density at radius 3 is 1.89 bits per heavy atom. The summed E-state index contributed by atoms with van der Waals surface area (Å²) in [6, 6.07) is 7.89. The Bertz CT molecular complexity index is 412. The van der Waals surface area contributed by atoms with E-state index < -0.39 is 0 Å². The molecule has 1 aromatic rings. The van der Waals surface area contributed by atoms with Gasteiger partial charge in [-0.15, -0.1) is 0 Å². The van der Waals surface area contributed by atoms with Gasteiger partial charge in [0.1, 0.15) is 0 Å². The minimum absolute atomic E-state index is 0.187. The summed E-state index contributed by atoms with van der Waals surface area (Å²) in [7, 11) is -0.210. The molecule has 0 bridgehead atoms. The highest BCUT2D eigenvalue weighted by Gasteiger charge is 2.52. The first kappa shape index (κ1) is 13.4. The van der Waals surface area contributed by atoms with Gasteiger partial charge in [0.05, 0.1) is 11.2 Å². The van der Waals surface area contributed by atoms with Crippen molar-refractivity contribution in [3.05, 3.63) is 29.8 Å². The number of anilines is 1. The van der Waals surface area contributed by atoms with E-state index in [4.69, 9.17) is 15.0 Å². The molecule has 4 heteroatoms. The van der Waals surface area contributed by atoms with Crippen LogP contribution in [0.4, 0.5) is 5.69 Å². The van der Waals surface area contributed by atoms with Gasteiger partial charge in [-0.2, -0.15) is 0 Å². The summed E-state index contributed by atoms with van der Waals surface area (Å²) in [6.07, 6.45) is 0. The van der Waals surface area contributed by atoms with E-state index in [-0.39, 0.29) is 24.1 Å². The van der Waals surface area contributed by atoms with Crippen LogP contribution in [0, 0.1) is 0 Å². The van der Waals surface area contributed by atoms with Crippen molar-refractivity contribution in [2.24, 2.45) is 0 Å². The quantitative estimate of drug-likeness (QED) is 0.645. The molecule has 0 aliphatic carbocycles. The van der Waals surface area contributed by atoms with E-state index in [1.54, 1.807) is 0 Å². The fourth-order valence-corrected chi connectivity index (χ4v) is 2.05. The molecule has 1 atom stereocenters. The third-order valence-electron chi connectivity index (χ3n) is 4.14. The summed E-state index contributed by atoms with van der Waals surface area (Å²) in [6.45, 7) is 10.4. The van der Waals surface area contributed by atoms with Crippen LogP contribution in [-0.2, 0) is 9.31 Å². The number of nitrogen functional groups attached to an aromatic ring is 1. The smallest absolute Gasteiger partial charge is 0.403 e. The van der Waals surface area contributed by atoms with Gasteiger partial charge in [0.2, 0.25) is 0 Å². The molecule has 1 aromatic carbocycles. The second-order valence-corrected chi connectivity index (χ2v) is 6.08. The highest BCUT2D eigenvalue weighted by Crippen LogP contribution is 2.40. The molecular weight excluding hydrogens is 225 g/mol. The molecule has 1 unspecified atom stereocenters. The van der Waals surface area contributed by atoms with Crippen LogP contribution in [0.2, 0.25) is 0 Å². The predicted molar refractivity (Wildman–Crippen MR) is 75.4 cm³/mol. The van der Waals surface area contributed by atoms with Gasteiger partial charge in [-0.25, -0.2) is 0 Å². The molecule has 2 N–H and O–H groups in total. The Labute approximate surface area is 110 Å². The van der Waals surface area contributed by atoms with E-state index in [1.807, 2.05) is 24.3 Å². The predicted octanol–water partition coefficient (Wildman–Crippen LogP) is 3.00. The monoisotopic (exact) mass is 247 g/mol. The number of hydrogen-bond acceptors (Lipinski definition) is 3.